The highest BCUT2D eigenvalue weighted by atomic mass is 16.3. The summed E-state index contributed by atoms with van der Waals surface area (Å²) in [6, 6.07) is 16.0. The van der Waals surface area contributed by atoms with Crippen LogP contribution in [0.15, 0.2) is 51.9 Å². The molecular formula is C30H28N4O3. The number of rotatable bonds is 5. The Morgan fingerprint density at radius 3 is 2.68 bits per heavy atom. The maximum atomic E-state index is 13.4. The van der Waals surface area contributed by atoms with Crippen LogP contribution < -0.4 is 0 Å². The Balaban J connectivity index is 1.15. The number of furan rings is 1. The summed E-state index contributed by atoms with van der Waals surface area (Å²) in [6.45, 7) is 4.23. The topological polar surface area (TPSA) is 89.9 Å². The molecule has 7 nitrogen and oxygen atoms in total. The molecule has 4 aliphatic rings. The SMILES string of the molecule is Cc1cc(C2=NC3(CC3)C(=O)N2C[C@@H]2CCN(C(=O)C3CC3)C2)ccc1-c1ccc2oc(C#N)cc2c1. The molecule has 1 atom stereocenters. The molecule has 2 saturated carbocycles. The zero-order valence-electron chi connectivity index (χ0n) is 20.9. The van der Waals surface area contributed by atoms with Gasteiger partial charge in [-0.25, -0.2) is 0 Å². The number of amidine groups is 1. The zero-order chi connectivity index (χ0) is 25.3. The second-order valence-electron chi connectivity index (χ2n) is 11.1. The zero-order valence-corrected chi connectivity index (χ0v) is 20.9. The first-order valence-corrected chi connectivity index (χ1v) is 13.2. The van der Waals surface area contributed by atoms with Crippen LogP contribution in [0.4, 0.5) is 0 Å². The van der Waals surface area contributed by atoms with Crippen LogP contribution in [-0.4, -0.2) is 52.6 Å². The summed E-state index contributed by atoms with van der Waals surface area (Å²) >= 11 is 0. The predicted molar refractivity (Wildman–Crippen MR) is 139 cm³/mol. The molecule has 186 valence electrons. The van der Waals surface area contributed by atoms with E-state index in [2.05, 4.69) is 31.2 Å². The van der Waals surface area contributed by atoms with Crippen molar-refractivity contribution >= 4 is 28.6 Å². The van der Waals surface area contributed by atoms with Gasteiger partial charge in [-0.3, -0.25) is 19.5 Å². The standard InChI is InChI=1S/C30H28N4O3/c1-18-12-22(4-6-25(18)21-5-7-26-23(13-21)14-24(15-31)37-26)27-32-30(9-10-30)29(36)34(27)17-19-8-11-33(16-19)28(35)20-2-3-20/h4-7,12-14,19-20H,2-3,8-11,16-17H2,1H3/t19-/m1/s1. The van der Waals surface area contributed by atoms with Crippen LogP contribution in [0.3, 0.4) is 0 Å². The average Bonchev–Trinajstić information content (AvgIpc) is 3.79. The van der Waals surface area contributed by atoms with Gasteiger partial charge in [0.05, 0.1) is 0 Å². The van der Waals surface area contributed by atoms with Crippen LogP contribution in [0.1, 0.15) is 49.0 Å². The van der Waals surface area contributed by atoms with Gasteiger partial charge in [-0.2, -0.15) is 5.26 Å². The maximum absolute atomic E-state index is 13.4. The molecule has 7 heteroatoms. The number of benzene rings is 2. The van der Waals surface area contributed by atoms with Crippen molar-refractivity contribution in [2.24, 2.45) is 16.8 Å². The van der Waals surface area contributed by atoms with Crippen LogP contribution in [0.5, 0.6) is 0 Å². The summed E-state index contributed by atoms with van der Waals surface area (Å²) in [5, 5.41) is 10.0. The first-order valence-electron chi connectivity index (χ1n) is 13.2. The highest BCUT2D eigenvalue weighted by molar-refractivity contribution is 6.16. The summed E-state index contributed by atoms with van der Waals surface area (Å²) in [5.74, 6) is 2.02. The van der Waals surface area contributed by atoms with Gasteiger partial charge >= 0.3 is 0 Å². The minimum atomic E-state index is -0.561. The molecule has 0 bridgehead atoms. The Morgan fingerprint density at radius 2 is 1.95 bits per heavy atom. The van der Waals surface area contributed by atoms with Gasteiger partial charge in [0.25, 0.3) is 5.91 Å². The van der Waals surface area contributed by atoms with E-state index in [1.54, 1.807) is 6.07 Å². The number of aryl methyl sites for hydroxylation is 1. The van der Waals surface area contributed by atoms with Crippen LogP contribution in [0.2, 0.25) is 0 Å². The summed E-state index contributed by atoms with van der Waals surface area (Å²) in [5.41, 5.74) is 4.33. The summed E-state index contributed by atoms with van der Waals surface area (Å²) in [7, 11) is 0. The molecular weight excluding hydrogens is 464 g/mol. The van der Waals surface area contributed by atoms with Gasteiger partial charge in [0.1, 0.15) is 23.0 Å². The van der Waals surface area contributed by atoms with E-state index in [1.165, 1.54) is 0 Å². The predicted octanol–water partition coefficient (Wildman–Crippen LogP) is 4.66. The molecule has 2 aliphatic heterocycles. The van der Waals surface area contributed by atoms with Crippen molar-refractivity contribution in [1.29, 1.82) is 5.26 Å². The van der Waals surface area contributed by atoms with E-state index in [0.717, 1.165) is 78.7 Å². The van der Waals surface area contributed by atoms with Crippen molar-refractivity contribution in [3.05, 3.63) is 59.4 Å². The number of nitriles is 1. The van der Waals surface area contributed by atoms with Gasteiger partial charge in [0.2, 0.25) is 11.7 Å². The van der Waals surface area contributed by atoms with Crippen molar-refractivity contribution in [3.63, 3.8) is 0 Å². The van der Waals surface area contributed by atoms with Crippen molar-refractivity contribution in [2.75, 3.05) is 19.6 Å². The molecule has 1 aromatic heterocycles. The third-order valence-electron chi connectivity index (χ3n) is 8.33. The first-order chi connectivity index (χ1) is 17.9. The largest absolute Gasteiger partial charge is 0.446 e. The number of nitrogens with zero attached hydrogens (tertiary/aromatic N) is 4. The van der Waals surface area contributed by atoms with E-state index < -0.39 is 5.54 Å². The van der Waals surface area contributed by atoms with Crippen molar-refractivity contribution in [1.82, 2.24) is 9.80 Å². The second kappa shape index (κ2) is 8.04. The van der Waals surface area contributed by atoms with Gasteiger partial charge < -0.3 is 9.32 Å². The lowest BCUT2D eigenvalue weighted by molar-refractivity contribution is -0.131. The van der Waals surface area contributed by atoms with E-state index >= 15 is 0 Å². The molecule has 0 unspecified atom stereocenters. The molecule has 3 heterocycles. The number of hydrogen-bond acceptors (Lipinski definition) is 5. The molecule has 2 amide bonds. The third kappa shape index (κ3) is 3.74. The van der Waals surface area contributed by atoms with E-state index in [1.807, 2.05) is 28.0 Å². The molecule has 37 heavy (non-hydrogen) atoms. The third-order valence-corrected chi connectivity index (χ3v) is 8.33. The van der Waals surface area contributed by atoms with Gasteiger partial charge in [-0.05, 0) is 79.8 Å². The molecule has 7 rings (SSSR count). The Labute approximate surface area is 215 Å². The molecule has 0 N–H and O–H groups in total. The lowest BCUT2D eigenvalue weighted by atomic mass is 9.97. The number of hydrogen-bond donors (Lipinski definition) is 0. The Bertz CT molecular complexity index is 1540. The minimum absolute atomic E-state index is 0.120. The van der Waals surface area contributed by atoms with Gasteiger partial charge in [0, 0.05) is 42.6 Å². The number of aliphatic imine (C=N–C) groups is 1. The maximum Gasteiger partial charge on any atom is 0.256 e. The highest BCUT2D eigenvalue weighted by Crippen LogP contribution is 2.46. The molecule has 1 saturated heterocycles. The molecule has 2 aromatic carbocycles. The molecule has 0 radical (unpaired) electrons. The van der Waals surface area contributed by atoms with Crippen LogP contribution in [-0.2, 0) is 9.59 Å². The lowest BCUT2D eigenvalue weighted by Gasteiger charge is -2.24. The normalized spacial score (nSPS) is 22.1. The van der Waals surface area contributed by atoms with Crippen molar-refractivity contribution < 1.29 is 14.0 Å². The fraction of sp³-hybridized carbons (Fsp3) is 0.400. The Hall–Kier alpha value is -3.92. The van der Waals surface area contributed by atoms with Gasteiger partial charge in [0.15, 0.2) is 0 Å². The van der Waals surface area contributed by atoms with Crippen LogP contribution in [0, 0.1) is 30.1 Å². The number of carbonyl (C=O) groups is 2. The smallest absolute Gasteiger partial charge is 0.256 e. The van der Waals surface area contributed by atoms with Crippen LogP contribution >= 0.6 is 0 Å². The second-order valence-corrected chi connectivity index (χ2v) is 11.1. The summed E-state index contributed by atoms with van der Waals surface area (Å²) in [4.78, 5) is 34.8. The lowest BCUT2D eigenvalue weighted by Crippen LogP contribution is -2.41. The quantitative estimate of drug-likeness (QED) is 0.518. The molecule has 3 aromatic rings. The van der Waals surface area contributed by atoms with Crippen molar-refractivity contribution in [2.45, 2.75) is 44.6 Å². The van der Waals surface area contributed by atoms with E-state index in [9.17, 15) is 9.59 Å². The van der Waals surface area contributed by atoms with E-state index in [4.69, 9.17) is 14.7 Å². The van der Waals surface area contributed by atoms with E-state index in [-0.39, 0.29) is 17.7 Å². The monoisotopic (exact) mass is 492 g/mol. The average molecular weight is 493 g/mol. The number of fused-ring (bicyclic) bond motifs is 1. The molecule has 2 aliphatic carbocycles. The summed E-state index contributed by atoms with van der Waals surface area (Å²) < 4.78 is 5.53. The Morgan fingerprint density at radius 1 is 1.14 bits per heavy atom. The Kier molecular flexibility index (Phi) is 4.84. The molecule has 1 spiro atoms. The number of carbonyl (C=O) groups excluding carboxylic acids is 2. The van der Waals surface area contributed by atoms with E-state index in [0.29, 0.717) is 23.8 Å². The first kappa shape index (κ1) is 22.3. The number of likely N-dealkylation sites (tertiary alicyclic amines) is 1. The molecule has 3 fully saturated rings. The fourth-order valence-corrected chi connectivity index (χ4v) is 5.91. The van der Waals surface area contributed by atoms with Crippen LogP contribution in [0.25, 0.3) is 22.1 Å². The number of amides is 2. The van der Waals surface area contributed by atoms with Crippen molar-refractivity contribution in [3.8, 4) is 17.2 Å². The summed E-state index contributed by atoms with van der Waals surface area (Å²) in [6.07, 6.45) is 4.61. The van der Waals surface area contributed by atoms with Gasteiger partial charge in [-0.15, -0.1) is 0 Å². The minimum Gasteiger partial charge on any atom is -0.446 e. The highest BCUT2D eigenvalue weighted by Gasteiger charge is 2.57. The fourth-order valence-electron chi connectivity index (χ4n) is 5.91. The van der Waals surface area contributed by atoms with Gasteiger partial charge in [-0.1, -0.05) is 18.2 Å².